The minimum absolute atomic E-state index is 0.333. The monoisotopic (exact) mass is 357 g/mol. The topological polar surface area (TPSA) is 37.3 Å². The van der Waals surface area contributed by atoms with Gasteiger partial charge < -0.3 is 5.11 Å². The number of carboxylic acids is 1. The van der Waals surface area contributed by atoms with E-state index in [1.54, 1.807) is 91.0 Å². The molecule has 0 aromatic heterocycles. The summed E-state index contributed by atoms with van der Waals surface area (Å²) in [6.07, 6.45) is 0. The van der Waals surface area contributed by atoms with E-state index in [-0.39, 0.29) is 0 Å². The summed E-state index contributed by atoms with van der Waals surface area (Å²) in [5, 5.41) is 10.4. The van der Waals surface area contributed by atoms with Gasteiger partial charge in [-0.15, -0.1) is 0 Å². The van der Waals surface area contributed by atoms with E-state index < -0.39 is 18.9 Å². The van der Waals surface area contributed by atoms with Crippen LogP contribution in [0.15, 0.2) is 91.0 Å². The van der Waals surface area contributed by atoms with Gasteiger partial charge in [0.05, 0.1) is 0 Å². The fourth-order valence-electron chi connectivity index (χ4n) is 3.03. The fourth-order valence-corrected chi connectivity index (χ4v) is 7.04. The summed E-state index contributed by atoms with van der Waals surface area (Å²) in [5.41, 5.74) is -3.95. The fraction of sp³-hybridized carbons (Fsp3) is 0.0500. The first-order valence-corrected chi connectivity index (χ1v) is 9.47. The van der Waals surface area contributed by atoms with Crippen LogP contribution in [0.2, 0.25) is 0 Å². The molecular formula is C20H16F2O2P+. The van der Waals surface area contributed by atoms with E-state index in [0.717, 1.165) is 0 Å². The van der Waals surface area contributed by atoms with Crippen molar-refractivity contribution in [1.82, 2.24) is 0 Å². The molecule has 126 valence electrons. The maximum atomic E-state index is 15.4. The molecule has 1 N–H and O–H groups in total. The lowest BCUT2D eigenvalue weighted by Gasteiger charge is -2.31. The van der Waals surface area contributed by atoms with E-state index in [9.17, 15) is 9.90 Å². The Morgan fingerprint density at radius 1 is 0.680 bits per heavy atom. The van der Waals surface area contributed by atoms with Crippen LogP contribution in [0.1, 0.15) is 0 Å². The van der Waals surface area contributed by atoms with Crippen molar-refractivity contribution in [1.29, 1.82) is 0 Å². The summed E-state index contributed by atoms with van der Waals surface area (Å²) in [4.78, 5) is 11.7. The van der Waals surface area contributed by atoms with Gasteiger partial charge in [0.2, 0.25) is 0 Å². The van der Waals surface area contributed by atoms with Gasteiger partial charge in [0.1, 0.15) is 15.9 Å². The number of halogens is 2. The molecule has 5 heteroatoms. The Morgan fingerprint density at radius 2 is 0.960 bits per heavy atom. The summed E-state index contributed by atoms with van der Waals surface area (Å²) >= 11 is 0. The average molecular weight is 357 g/mol. The van der Waals surface area contributed by atoms with Crippen LogP contribution >= 0.6 is 7.26 Å². The zero-order chi connectivity index (χ0) is 17.9. The van der Waals surface area contributed by atoms with Gasteiger partial charge in [-0.05, 0) is 36.4 Å². The van der Waals surface area contributed by atoms with Crippen LogP contribution in [0.4, 0.5) is 8.78 Å². The van der Waals surface area contributed by atoms with Gasteiger partial charge >= 0.3 is 11.6 Å². The molecule has 0 heterocycles. The molecule has 0 saturated carbocycles. The number of carbonyl (C=O) groups is 1. The SMILES string of the molecule is O=C(O)C(F)(F)[P+](c1ccccc1)(c1ccccc1)c1ccccc1. The minimum atomic E-state index is -3.95. The first kappa shape index (κ1) is 17.2. The van der Waals surface area contributed by atoms with Gasteiger partial charge in [-0.2, -0.15) is 8.78 Å². The number of hydrogen-bond acceptors (Lipinski definition) is 1. The predicted molar refractivity (Wildman–Crippen MR) is 97.7 cm³/mol. The Morgan fingerprint density at radius 3 is 1.20 bits per heavy atom. The molecule has 0 aliphatic rings. The number of carboxylic acid groups (broad SMARTS) is 1. The Bertz CT molecular complexity index is 756. The zero-order valence-corrected chi connectivity index (χ0v) is 14.1. The van der Waals surface area contributed by atoms with Crippen molar-refractivity contribution in [3.8, 4) is 0 Å². The Kier molecular flexibility index (Phi) is 4.65. The first-order valence-electron chi connectivity index (χ1n) is 7.68. The van der Waals surface area contributed by atoms with Crippen molar-refractivity contribution in [2.24, 2.45) is 0 Å². The Balaban J connectivity index is 2.47. The smallest absolute Gasteiger partial charge is 0.464 e. The highest BCUT2D eigenvalue weighted by atomic mass is 31.2. The molecular weight excluding hydrogens is 341 g/mol. The third-order valence-electron chi connectivity index (χ3n) is 4.11. The van der Waals surface area contributed by atoms with Crippen LogP contribution < -0.4 is 15.9 Å². The van der Waals surface area contributed by atoms with Crippen LogP contribution in [-0.4, -0.2) is 16.7 Å². The molecule has 0 spiro atoms. The molecule has 3 aromatic carbocycles. The lowest BCUT2D eigenvalue weighted by Crippen LogP contribution is -2.47. The first-order chi connectivity index (χ1) is 12.0. The molecule has 2 nitrogen and oxygen atoms in total. The van der Waals surface area contributed by atoms with Gasteiger partial charge in [-0.25, -0.2) is 4.79 Å². The summed E-state index contributed by atoms with van der Waals surface area (Å²) in [7, 11) is -3.75. The summed E-state index contributed by atoms with van der Waals surface area (Å²) in [6, 6.07) is 24.7. The number of aliphatic carboxylic acids is 1. The van der Waals surface area contributed by atoms with Crippen LogP contribution in [-0.2, 0) is 4.79 Å². The predicted octanol–water partition coefficient (Wildman–Crippen LogP) is 3.66. The standard InChI is InChI=1S/C20H15F2O2P/c21-20(22,19(23)24)25(16-10-4-1-5-11-16,17-12-6-2-7-13-17)18-14-8-3-9-15-18/h1-15H/p+1. The van der Waals surface area contributed by atoms with Gasteiger partial charge in [0.15, 0.2) is 7.26 Å². The number of benzene rings is 3. The second kappa shape index (κ2) is 6.73. The van der Waals surface area contributed by atoms with E-state index in [1.165, 1.54) is 0 Å². The van der Waals surface area contributed by atoms with E-state index >= 15 is 8.78 Å². The van der Waals surface area contributed by atoms with Crippen molar-refractivity contribution in [2.75, 3.05) is 0 Å². The highest BCUT2D eigenvalue weighted by Crippen LogP contribution is 2.67. The van der Waals surface area contributed by atoms with Crippen LogP contribution in [0.25, 0.3) is 0 Å². The lowest BCUT2D eigenvalue weighted by molar-refractivity contribution is -0.153. The normalized spacial score (nSPS) is 11.9. The van der Waals surface area contributed by atoms with E-state index in [1.807, 2.05) is 0 Å². The van der Waals surface area contributed by atoms with Crippen molar-refractivity contribution < 1.29 is 18.7 Å². The van der Waals surface area contributed by atoms with E-state index in [2.05, 4.69) is 0 Å². The molecule has 0 radical (unpaired) electrons. The average Bonchev–Trinajstić information content (AvgIpc) is 2.65. The quantitative estimate of drug-likeness (QED) is 0.708. The molecule has 0 aliphatic heterocycles. The maximum Gasteiger partial charge on any atom is 0.464 e. The summed E-state index contributed by atoms with van der Waals surface area (Å²) < 4.78 is 30.7. The molecule has 25 heavy (non-hydrogen) atoms. The molecule has 0 unspecified atom stereocenters. The van der Waals surface area contributed by atoms with Crippen LogP contribution in [0.3, 0.4) is 0 Å². The maximum absolute atomic E-state index is 15.4. The number of hydrogen-bond donors (Lipinski definition) is 1. The van der Waals surface area contributed by atoms with Crippen molar-refractivity contribution >= 4 is 29.1 Å². The summed E-state index contributed by atoms with van der Waals surface area (Å²) in [5.74, 6) is -2.11. The summed E-state index contributed by atoms with van der Waals surface area (Å²) in [6.45, 7) is 0. The molecule has 3 rings (SSSR count). The third kappa shape index (κ3) is 2.73. The number of rotatable bonds is 5. The van der Waals surface area contributed by atoms with E-state index in [4.69, 9.17) is 0 Å². The van der Waals surface area contributed by atoms with Gasteiger partial charge in [0.25, 0.3) is 0 Å². The second-order valence-electron chi connectivity index (χ2n) is 5.52. The second-order valence-corrected chi connectivity index (χ2v) is 8.98. The van der Waals surface area contributed by atoms with Gasteiger partial charge in [0, 0.05) is 0 Å². The molecule has 0 aliphatic carbocycles. The lowest BCUT2D eigenvalue weighted by atomic mass is 10.4. The Labute approximate surface area is 145 Å². The van der Waals surface area contributed by atoms with Crippen molar-refractivity contribution in [2.45, 2.75) is 5.66 Å². The zero-order valence-electron chi connectivity index (χ0n) is 13.2. The van der Waals surface area contributed by atoms with E-state index in [0.29, 0.717) is 15.9 Å². The molecule has 0 atom stereocenters. The van der Waals surface area contributed by atoms with Crippen LogP contribution in [0, 0.1) is 0 Å². The largest absolute Gasteiger partial charge is 0.474 e. The van der Waals surface area contributed by atoms with Crippen molar-refractivity contribution in [3.05, 3.63) is 91.0 Å². The van der Waals surface area contributed by atoms with Crippen LogP contribution in [0.5, 0.6) is 0 Å². The molecule has 0 saturated heterocycles. The van der Waals surface area contributed by atoms with Gasteiger partial charge in [-0.3, -0.25) is 0 Å². The molecule has 3 aromatic rings. The number of alkyl halides is 2. The van der Waals surface area contributed by atoms with Crippen molar-refractivity contribution in [3.63, 3.8) is 0 Å². The molecule has 0 bridgehead atoms. The third-order valence-corrected chi connectivity index (χ3v) is 8.36. The highest BCUT2D eigenvalue weighted by Gasteiger charge is 2.71. The highest BCUT2D eigenvalue weighted by molar-refractivity contribution is 7.97. The Hall–Kier alpha value is -2.58. The molecule has 0 fully saturated rings. The minimum Gasteiger partial charge on any atom is -0.474 e. The van der Waals surface area contributed by atoms with Gasteiger partial charge in [-0.1, -0.05) is 54.6 Å². The molecule has 0 amide bonds.